The second kappa shape index (κ2) is 6.37. The summed E-state index contributed by atoms with van der Waals surface area (Å²) in [6, 6.07) is 6.78. The molecule has 2 atom stereocenters. The predicted octanol–water partition coefficient (Wildman–Crippen LogP) is 3.92. The number of rotatable bonds is 5. The first kappa shape index (κ1) is 15.0. The van der Waals surface area contributed by atoms with E-state index in [1.807, 2.05) is 16.9 Å². The topological polar surface area (TPSA) is 38.0 Å². The van der Waals surface area contributed by atoms with E-state index >= 15 is 0 Å². The van der Waals surface area contributed by atoms with Crippen molar-refractivity contribution < 1.29 is 9.50 Å². The molecule has 5 heteroatoms. The Morgan fingerprint density at radius 2 is 2.15 bits per heavy atom. The molecule has 1 N–H and O–H groups in total. The maximum atomic E-state index is 13.8. The van der Waals surface area contributed by atoms with Crippen LogP contribution < -0.4 is 0 Å². The van der Waals surface area contributed by atoms with Crippen LogP contribution in [0.15, 0.2) is 30.5 Å². The second-order valence-electron chi connectivity index (χ2n) is 4.91. The molecular weight excluding hydrogens is 279 g/mol. The second-order valence-corrected chi connectivity index (χ2v) is 5.31. The van der Waals surface area contributed by atoms with Gasteiger partial charge in [-0.05, 0) is 25.5 Å². The van der Waals surface area contributed by atoms with Crippen molar-refractivity contribution in [3.05, 3.63) is 52.6 Å². The molecule has 108 valence electrons. The number of hydrogen-bond acceptors (Lipinski definition) is 2. The highest BCUT2D eigenvalue weighted by Crippen LogP contribution is 2.25. The Kier molecular flexibility index (Phi) is 4.78. The van der Waals surface area contributed by atoms with Gasteiger partial charge in [0.25, 0.3) is 0 Å². The minimum Gasteiger partial charge on any atom is -0.388 e. The van der Waals surface area contributed by atoms with Crippen LogP contribution in [0.3, 0.4) is 0 Å². The normalized spacial score (nSPS) is 14.2. The molecule has 0 aliphatic heterocycles. The van der Waals surface area contributed by atoms with Gasteiger partial charge in [-0.15, -0.1) is 0 Å². The van der Waals surface area contributed by atoms with Gasteiger partial charge in [0.15, 0.2) is 0 Å². The quantitative estimate of drug-likeness (QED) is 0.908. The molecule has 0 saturated heterocycles. The zero-order valence-corrected chi connectivity index (χ0v) is 12.3. The molecule has 20 heavy (non-hydrogen) atoms. The van der Waals surface area contributed by atoms with Gasteiger partial charge in [0.1, 0.15) is 5.82 Å². The van der Waals surface area contributed by atoms with Crippen molar-refractivity contribution in [3.63, 3.8) is 0 Å². The lowest BCUT2D eigenvalue weighted by molar-refractivity contribution is 0.172. The first-order valence-electron chi connectivity index (χ1n) is 6.69. The Bertz CT molecular complexity index is 585. The largest absolute Gasteiger partial charge is 0.388 e. The zero-order chi connectivity index (χ0) is 14.7. The van der Waals surface area contributed by atoms with Crippen molar-refractivity contribution in [1.82, 2.24) is 9.78 Å². The van der Waals surface area contributed by atoms with Gasteiger partial charge in [0, 0.05) is 24.2 Å². The van der Waals surface area contributed by atoms with Gasteiger partial charge in [-0.1, -0.05) is 30.7 Å². The molecule has 0 spiro atoms. The third-order valence-electron chi connectivity index (χ3n) is 3.45. The van der Waals surface area contributed by atoms with E-state index in [0.717, 1.165) is 12.1 Å². The molecule has 2 rings (SSSR count). The standard InChI is InChI=1S/C15H18ClFN2O/c1-3-10(2)19-8-7-11(18-19)9-14(20)12-5-4-6-13(16)15(12)17/h4-8,10,14,20H,3,9H2,1-2H3. The lowest BCUT2D eigenvalue weighted by Gasteiger charge is -2.12. The van der Waals surface area contributed by atoms with E-state index in [1.165, 1.54) is 12.1 Å². The zero-order valence-electron chi connectivity index (χ0n) is 11.6. The molecular formula is C15H18ClFN2O. The lowest BCUT2D eigenvalue weighted by Crippen LogP contribution is -2.08. The van der Waals surface area contributed by atoms with Gasteiger partial charge in [-0.3, -0.25) is 4.68 Å². The van der Waals surface area contributed by atoms with Crippen LogP contribution in [-0.2, 0) is 6.42 Å². The summed E-state index contributed by atoms with van der Waals surface area (Å²) < 4.78 is 15.7. The molecule has 0 amide bonds. The summed E-state index contributed by atoms with van der Waals surface area (Å²) in [6.45, 7) is 4.16. The number of nitrogens with zero attached hydrogens (tertiary/aromatic N) is 2. The Balaban J connectivity index is 2.13. The fourth-order valence-electron chi connectivity index (χ4n) is 2.00. The highest BCUT2D eigenvalue weighted by atomic mass is 35.5. The molecule has 2 unspecified atom stereocenters. The van der Waals surface area contributed by atoms with E-state index in [4.69, 9.17) is 11.6 Å². The third-order valence-corrected chi connectivity index (χ3v) is 3.74. The molecule has 0 aliphatic carbocycles. The van der Waals surface area contributed by atoms with E-state index in [2.05, 4.69) is 18.9 Å². The van der Waals surface area contributed by atoms with Gasteiger partial charge < -0.3 is 5.11 Å². The number of aromatic nitrogens is 2. The van der Waals surface area contributed by atoms with Crippen LogP contribution in [0, 0.1) is 5.82 Å². The summed E-state index contributed by atoms with van der Waals surface area (Å²) in [7, 11) is 0. The predicted molar refractivity (Wildman–Crippen MR) is 77.3 cm³/mol. The summed E-state index contributed by atoms with van der Waals surface area (Å²) in [5.74, 6) is -0.567. The molecule has 1 heterocycles. The smallest absolute Gasteiger partial charge is 0.147 e. The van der Waals surface area contributed by atoms with E-state index in [-0.39, 0.29) is 17.0 Å². The summed E-state index contributed by atoms with van der Waals surface area (Å²) >= 11 is 5.72. The van der Waals surface area contributed by atoms with Gasteiger partial charge in [-0.2, -0.15) is 5.10 Å². The number of halogens is 2. The molecule has 0 saturated carbocycles. The van der Waals surface area contributed by atoms with Crippen molar-refractivity contribution in [1.29, 1.82) is 0 Å². The molecule has 0 fully saturated rings. The van der Waals surface area contributed by atoms with E-state index in [1.54, 1.807) is 6.07 Å². The van der Waals surface area contributed by atoms with Gasteiger partial charge in [-0.25, -0.2) is 4.39 Å². The molecule has 0 radical (unpaired) electrons. The number of aliphatic hydroxyl groups is 1. The average molecular weight is 297 g/mol. The molecule has 0 bridgehead atoms. The summed E-state index contributed by atoms with van der Waals surface area (Å²) in [5.41, 5.74) is 0.938. The average Bonchev–Trinajstić information content (AvgIpc) is 2.89. The molecule has 1 aromatic carbocycles. The van der Waals surface area contributed by atoms with Crippen LogP contribution in [-0.4, -0.2) is 14.9 Å². The van der Waals surface area contributed by atoms with Gasteiger partial charge >= 0.3 is 0 Å². The van der Waals surface area contributed by atoms with Crippen molar-refractivity contribution >= 4 is 11.6 Å². The highest BCUT2D eigenvalue weighted by molar-refractivity contribution is 6.30. The van der Waals surface area contributed by atoms with Crippen LogP contribution in [0.4, 0.5) is 4.39 Å². The van der Waals surface area contributed by atoms with Crippen LogP contribution >= 0.6 is 11.6 Å². The summed E-state index contributed by atoms with van der Waals surface area (Å²) in [4.78, 5) is 0. The van der Waals surface area contributed by atoms with Crippen molar-refractivity contribution in [2.75, 3.05) is 0 Å². The van der Waals surface area contributed by atoms with Crippen LogP contribution in [0.1, 0.15) is 43.7 Å². The van der Waals surface area contributed by atoms with E-state index in [0.29, 0.717) is 6.04 Å². The van der Waals surface area contributed by atoms with Gasteiger partial charge in [0.2, 0.25) is 0 Å². The number of benzene rings is 1. The number of aliphatic hydroxyl groups excluding tert-OH is 1. The third kappa shape index (κ3) is 3.19. The van der Waals surface area contributed by atoms with Crippen LogP contribution in [0.5, 0.6) is 0 Å². The van der Waals surface area contributed by atoms with Crippen molar-refractivity contribution in [3.8, 4) is 0 Å². The lowest BCUT2D eigenvalue weighted by atomic mass is 10.0. The number of hydrogen-bond donors (Lipinski definition) is 1. The molecule has 0 aliphatic rings. The fourth-order valence-corrected chi connectivity index (χ4v) is 2.19. The Labute approximate surface area is 123 Å². The molecule has 1 aromatic heterocycles. The maximum absolute atomic E-state index is 13.8. The van der Waals surface area contributed by atoms with E-state index < -0.39 is 11.9 Å². The Morgan fingerprint density at radius 1 is 1.40 bits per heavy atom. The van der Waals surface area contributed by atoms with Crippen molar-refractivity contribution in [2.24, 2.45) is 0 Å². The Hall–Kier alpha value is -1.39. The van der Waals surface area contributed by atoms with Crippen LogP contribution in [0.25, 0.3) is 0 Å². The maximum Gasteiger partial charge on any atom is 0.147 e. The fraction of sp³-hybridized carbons (Fsp3) is 0.400. The summed E-state index contributed by atoms with van der Waals surface area (Å²) in [5, 5.41) is 14.6. The first-order valence-corrected chi connectivity index (χ1v) is 7.06. The van der Waals surface area contributed by atoms with Crippen LogP contribution in [0.2, 0.25) is 5.02 Å². The minimum absolute atomic E-state index is 0.0201. The molecule has 3 nitrogen and oxygen atoms in total. The minimum atomic E-state index is -0.950. The highest BCUT2D eigenvalue weighted by Gasteiger charge is 2.17. The Morgan fingerprint density at radius 3 is 2.85 bits per heavy atom. The SMILES string of the molecule is CCC(C)n1ccc(CC(O)c2cccc(Cl)c2F)n1. The summed E-state index contributed by atoms with van der Waals surface area (Å²) in [6.07, 6.45) is 2.17. The molecule has 2 aromatic rings. The monoisotopic (exact) mass is 296 g/mol. The van der Waals surface area contributed by atoms with Gasteiger partial charge in [0.05, 0.1) is 16.8 Å². The van der Waals surface area contributed by atoms with E-state index in [9.17, 15) is 9.50 Å². The first-order chi connectivity index (χ1) is 9.52. The van der Waals surface area contributed by atoms with Crippen molar-refractivity contribution in [2.45, 2.75) is 38.8 Å².